The van der Waals surface area contributed by atoms with Crippen LogP contribution in [0.1, 0.15) is 0 Å². The van der Waals surface area contributed by atoms with Gasteiger partial charge >= 0.3 is 0 Å². The van der Waals surface area contributed by atoms with Crippen molar-refractivity contribution in [2.45, 2.75) is 0 Å². The molecule has 0 saturated carbocycles. The van der Waals surface area contributed by atoms with Gasteiger partial charge in [-0.25, -0.2) is 0 Å². The molecule has 54 heavy (non-hydrogen) atoms. The van der Waals surface area contributed by atoms with Gasteiger partial charge in [0.05, 0.1) is 11.4 Å². The molecule has 0 fully saturated rings. The highest BCUT2D eigenvalue weighted by atomic mass is 16.3. The van der Waals surface area contributed by atoms with Crippen LogP contribution in [0.5, 0.6) is 0 Å². The Balaban J connectivity index is 1.15. The lowest BCUT2D eigenvalue weighted by Gasteiger charge is -2.29. The van der Waals surface area contributed by atoms with Crippen LogP contribution in [0.25, 0.3) is 87.3 Å². The van der Waals surface area contributed by atoms with Crippen LogP contribution in [-0.2, 0) is 0 Å². The van der Waals surface area contributed by atoms with Crippen LogP contribution in [0.2, 0.25) is 0 Å². The molecule has 1 aromatic heterocycles. The van der Waals surface area contributed by atoms with E-state index in [0.717, 1.165) is 44.9 Å². The third-order valence-corrected chi connectivity index (χ3v) is 11.0. The van der Waals surface area contributed by atoms with Crippen molar-refractivity contribution in [3.8, 4) is 22.5 Å². The molecule has 0 spiro atoms. The summed E-state index contributed by atoms with van der Waals surface area (Å²) in [6.45, 7) is 0. The fraction of sp³-hybridized carbons (Fsp3) is 0. The summed E-state index contributed by atoms with van der Waals surface area (Å²) >= 11 is 0. The highest BCUT2D eigenvalue weighted by Crippen LogP contribution is 2.47. The zero-order valence-corrected chi connectivity index (χ0v) is 29.4. The van der Waals surface area contributed by atoms with Crippen LogP contribution < -0.4 is 4.90 Å². The maximum atomic E-state index is 6.29. The maximum Gasteiger partial charge on any atom is 0.135 e. The first-order valence-corrected chi connectivity index (χ1v) is 18.5. The molecule has 1 heterocycles. The van der Waals surface area contributed by atoms with Crippen molar-refractivity contribution in [3.05, 3.63) is 200 Å². The molecule has 0 aliphatic heterocycles. The summed E-state index contributed by atoms with van der Waals surface area (Å²) in [4.78, 5) is 2.47. The van der Waals surface area contributed by atoms with E-state index in [1.54, 1.807) is 0 Å². The first-order valence-electron chi connectivity index (χ1n) is 18.5. The topological polar surface area (TPSA) is 16.4 Å². The van der Waals surface area contributed by atoms with Gasteiger partial charge in [-0.3, -0.25) is 0 Å². The number of hydrogen-bond acceptors (Lipinski definition) is 2. The zero-order chi connectivity index (χ0) is 35.6. The van der Waals surface area contributed by atoms with Crippen molar-refractivity contribution < 1.29 is 4.42 Å². The standard InChI is InChI=1S/C52H33NO/c1-4-17-41-34(12-1)24-25-37-31-40(26-27-43(37)41)53(50-32-36-13-2-5-18-42(36)45-19-7-9-22-48(45)50)49-29-28-44(46-20-6-8-21-47(46)49)35-15-11-16-38(30-35)52-33-39-14-3-10-23-51(39)54-52/h1-33H. The monoisotopic (exact) mass is 687 g/mol. The number of rotatable bonds is 5. The fourth-order valence-electron chi connectivity index (χ4n) is 8.46. The molecular weight excluding hydrogens is 655 g/mol. The van der Waals surface area contributed by atoms with Gasteiger partial charge in [-0.1, -0.05) is 158 Å². The lowest BCUT2D eigenvalue weighted by atomic mass is 9.94. The van der Waals surface area contributed by atoms with E-state index in [0.29, 0.717) is 0 Å². The van der Waals surface area contributed by atoms with Crippen LogP contribution in [0.15, 0.2) is 205 Å². The van der Waals surface area contributed by atoms with E-state index < -0.39 is 0 Å². The SMILES string of the molecule is c1cc(-c2cc3ccccc3o2)cc(-c2ccc(N(c3ccc4c(ccc5ccccc54)c3)c3cc4ccccc4c4ccccc34)c3ccccc23)c1. The molecule has 0 atom stereocenters. The quantitative estimate of drug-likeness (QED) is 0.168. The molecular formula is C52H33NO. The van der Waals surface area contributed by atoms with Gasteiger partial charge in [-0.05, 0) is 96.7 Å². The number of hydrogen-bond donors (Lipinski definition) is 0. The van der Waals surface area contributed by atoms with Crippen LogP contribution in [0, 0.1) is 0 Å². The minimum Gasteiger partial charge on any atom is -0.456 e. The van der Waals surface area contributed by atoms with E-state index >= 15 is 0 Å². The van der Waals surface area contributed by atoms with Gasteiger partial charge < -0.3 is 9.32 Å². The van der Waals surface area contributed by atoms with Gasteiger partial charge in [0.25, 0.3) is 0 Å². The first-order chi connectivity index (χ1) is 26.8. The second kappa shape index (κ2) is 12.2. The molecule has 2 heteroatoms. The van der Waals surface area contributed by atoms with E-state index in [1.165, 1.54) is 59.4 Å². The Morgan fingerprint density at radius 2 is 0.907 bits per heavy atom. The van der Waals surface area contributed by atoms with E-state index in [1.807, 2.05) is 12.1 Å². The fourth-order valence-corrected chi connectivity index (χ4v) is 8.46. The number of benzene rings is 10. The Morgan fingerprint density at radius 3 is 1.72 bits per heavy atom. The van der Waals surface area contributed by atoms with Crippen LogP contribution >= 0.6 is 0 Å². The minimum atomic E-state index is 0.873. The second-order valence-electron chi connectivity index (χ2n) is 14.1. The van der Waals surface area contributed by atoms with E-state index in [2.05, 4.69) is 193 Å². The van der Waals surface area contributed by atoms with Crippen molar-refractivity contribution >= 4 is 81.9 Å². The third kappa shape index (κ3) is 4.88. The Bertz CT molecular complexity index is 3210. The Morgan fingerprint density at radius 1 is 0.315 bits per heavy atom. The van der Waals surface area contributed by atoms with Crippen LogP contribution in [0.4, 0.5) is 17.1 Å². The highest BCUT2D eigenvalue weighted by molar-refractivity contribution is 6.17. The van der Waals surface area contributed by atoms with Gasteiger partial charge in [-0.2, -0.15) is 0 Å². The molecule has 0 radical (unpaired) electrons. The summed E-state index contributed by atoms with van der Waals surface area (Å²) in [6, 6.07) is 72.5. The van der Waals surface area contributed by atoms with Crippen molar-refractivity contribution in [3.63, 3.8) is 0 Å². The van der Waals surface area contributed by atoms with E-state index in [-0.39, 0.29) is 0 Å². The largest absolute Gasteiger partial charge is 0.456 e. The Labute approximate surface area is 312 Å². The van der Waals surface area contributed by atoms with Gasteiger partial charge in [0.1, 0.15) is 11.3 Å². The van der Waals surface area contributed by atoms with Gasteiger partial charge in [0.2, 0.25) is 0 Å². The smallest absolute Gasteiger partial charge is 0.135 e. The lowest BCUT2D eigenvalue weighted by molar-refractivity contribution is 0.631. The molecule has 252 valence electrons. The van der Waals surface area contributed by atoms with Crippen molar-refractivity contribution in [2.24, 2.45) is 0 Å². The van der Waals surface area contributed by atoms with Gasteiger partial charge in [-0.15, -0.1) is 0 Å². The molecule has 0 bridgehead atoms. The van der Waals surface area contributed by atoms with Crippen LogP contribution in [-0.4, -0.2) is 0 Å². The molecule has 0 saturated heterocycles. The summed E-state index contributed by atoms with van der Waals surface area (Å²) < 4.78 is 6.29. The second-order valence-corrected chi connectivity index (χ2v) is 14.1. The Hall–Kier alpha value is -7.16. The molecule has 2 nitrogen and oxygen atoms in total. The molecule has 0 N–H and O–H groups in total. The molecule has 0 amide bonds. The lowest BCUT2D eigenvalue weighted by Crippen LogP contribution is -2.11. The number of anilines is 3. The summed E-state index contributed by atoms with van der Waals surface area (Å²) in [5.74, 6) is 0.873. The van der Waals surface area contributed by atoms with Crippen LogP contribution in [0.3, 0.4) is 0 Å². The van der Waals surface area contributed by atoms with E-state index in [9.17, 15) is 0 Å². The Kier molecular flexibility index (Phi) is 6.90. The summed E-state index contributed by atoms with van der Waals surface area (Å²) in [7, 11) is 0. The minimum absolute atomic E-state index is 0.873. The predicted molar refractivity (Wildman–Crippen MR) is 229 cm³/mol. The average Bonchev–Trinajstić information content (AvgIpc) is 3.69. The first kappa shape index (κ1) is 30.5. The maximum absolute atomic E-state index is 6.29. The molecule has 0 aliphatic carbocycles. The number of para-hydroxylation sites is 1. The van der Waals surface area contributed by atoms with Crippen molar-refractivity contribution in [1.82, 2.24) is 0 Å². The molecule has 10 aromatic carbocycles. The molecule has 0 unspecified atom stereocenters. The number of nitrogens with zero attached hydrogens (tertiary/aromatic N) is 1. The molecule has 11 rings (SSSR count). The predicted octanol–water partition coefficient (Wildman–Crippen LogP) is 15.0. The van der Waals surface area contributed by atoms with E-state index in [4.69, 9.17) is 4.42 Å². The highest BCUT2D eigenvalue weighted by Gasteiger charge is 2.21. The van der Waals surface area contributed by atoms with Gasteiger partial charge in [0, 0.05) is 27.4 Å². The summed E-state index contributed by atoms with van der Waals surface area (Å²) in [6.07, 6.45) is 0. The average molecular weight is 688 g/mol. The third-order valence-electron chi connectivity index (χ3n) is 11.0. The summed E-state index contributed by atoms with van der Waals surface area (Å²) in [5.41, 5.74) is 7.68. The molecule has 0 aliphatic rings. The number of furan rings is 1. The van der Waals surface area contributed by atoms with Crippen molar-refractivity contribution in [2.75, 3.05) is 4.90 Å². The summed E-state index contributed by atoms with van der Waals surface area (Å²) in [5, 5.41) is 13.4. The normalized spacial score (nSPS) is 11.7. The van der Waals surface area contributed by atoms with Gasteiger partial charge in [0.15, 0.2) is 0 Å². The zero-order valence-electron chi connectivity index (χ0n) is 29.4. The van der Waals surface area contributed by atoms with Crippen molar-refractivity contribution in [1.29, 1.82) is 0 Å². The number of fused-ring (bicyclic) bond motifs is 8. The molecule has 11 aromatic rings.